The first kappa shape index (κ1) is 26.1. The second-order valence-electron chi connectivity index (χ2n) is 9.85. The van der Waals surface area contributed by atoms with Crippen LogP contribution in [0.1, 0.15) is 39.2 Å². The zero-order valence-electron chi connectivity index (χ0n) is 21.0. The largest absolute Gasteiger partial charge is 0.444 e. The number of hydrogen-bond acceptors (Lipinski definition) is 8. The number of carbonyl (C=O) groups is 2. The van der Waals surface area contributed by atoms with Crippen LogP contribution in [0.5, 0.6) is 0 Å². The lowest BCUT2D eigenvalue weighted by atomic mass is 10.1. The van der Waals surface area contributed by atoms with Crippen molar-refractivity contribution in [3.05, 3.63) is 52.8 Å². The highest BCUT2D eigenvalue weighted by molar-refractivity contribution is 6.30. The van der Waals surface area contributed by atoms with Gasteiger partial charge in [0.1, 0.15) is 17.2 Å². The number of primary amides is 1. The maximum Gasteiger partial charge on any atom is 0.410 e. The van der Waals surface area contributed by atoms with Crippen molar-refractivity contribution in [1.82, 2.24) is 19.5 Å². The van der Waals surface area contributed by atoms with Crippen LogP contribution in [0.2, 0.25) is 5.02 Å². The number of benzene rings is 1. The quantitative estimate of drug-likeness (QED) is 0.354. The number of amides is 2. The lowest BCUT2D eigenvalue weighted by Gasteiger charge is -2.34. The molecule has 12 heteroatoms. The molecule has 0 unspecified atom stereocenters. The van der Waals surface area contributed by atoms with Crippen molar-refractivity contribution in [3.8, 4) is 0 Å². The number of fused-ring (bicyclic) bond motifs is 1. The van der Waals surface area contributed by atoms with Gasteiger partial charge in [-0.3, -0.25) is 4.79 Å². The summed E-state index contributed by atoms with van der Waals surface area (Å²) in [5, 5.41) is 11.8. The molecule has 1 fully saturated rings. The average molecular weight is 527 g/mol. The van der Waals surface area contributed by atoms with E-state index in [-0.39, 0.29) is 17.8 Å². The fourth-order valence-electron chi connectivity index (χ4n) is 3.94. The van der Waals surface area contributed by atoms with Crippen molar-refractivity contribution in [2.24, 2.45) is 11.5 Å². The van der Waals surface area contributed by atoms with Crippen molar-refractivity contribution in [1.29, 1.82) is 0 Å². The first-order valence-corrected chi connectivity index (χ1v) is 12.3. The molecule has 0 bridgehead atoms. The summed E-state index contributed by atoms with van der Waals surface area (Å²) in [6.45, 7) is 6.70. The molecular weight excluding hydrogens is 496 g/mol. The number of carbonyl (C=O) groups excluding carboxylic acids is 2. The van der Waals surface area contributed by atoms with Gasteiger partial charge < -0.3 is 31.7 Å². The van der Waals surface area contributed by atoms with Gasteiger partial charge in [-0.15, -0.1) is 0 Å². The molecule has 1 saturated heterocycles. The van der Waals surface area contributed by atoms with Crippen LogP contribution in [0, 0.1) is 0 Å². The summed E-state index contributed by atoms with van der Waals surface area (Å²) in [5.74, 6) is 0.487. The first-order chi connectivity index (χ1) is 17.5. The molecule has 37 heavy (non-hydrogen) atoms. The number of ether oxygens (including phenoxy) is 1. The summed E-state index contributed by atoms with van der Waals surface area (Å²) in [7, 11) is 0. The van der Waals surface area contributed by atoms with Crippen LogP contribution in [-0.4, -0.2) is 56.2 Å². The molecule has 1 aromatic carbocycles. The Morgan fingerprint density at radius 3 is 2.57 bits per heavy atom. The molecule has 2 aromatic heterocycles. The van der Waals surface area contributed by atoms with E-state index in [2.05, 4.69) is 20.7 Å². The van der Waals surface area contributed by atoms with E-state index in [1.165, 1.54) is 6.08 Å². The summed E-state index contributed by atoms with van der Waals surface area (Å²) >= 11 is 6.14. The second kappa shape index (κ2) is 10.6. The molecule has 6 N–H and O–H groups in total. The number of rotatable bonds is 6. The number of nitrogens with zero attached hydrogens (tertiary/aromatic N) is 4. The van der Waals surface area contributed by atoms with E-state index < -0.39 is 11.5 Å². The number of likely N-dealkylation sites (tertiary alicyclic amines) is 1. The molecule has 4 rings (SSSR count). The minimum absolute atomic E-state index is 0.0854. The first-order valence-electron chi connectivity index (χ1n) is 11.9. The molecule has 0 saturated carbocycles. The van der Waals surface area contributed by atoms with Crippen molar-refractivity contribution in [2.45, 2.75) is 45.3 Å². The number of hydrogen-bond donors (Lipinski definition) is 4. The Bertz CT molecular complexity index is 1340. The van der Waals surface area contributed by atoms with Gasteiger partial charge in [-0.25, -0.2) is 9.78 Å². The molecule has 0 radical (unpaired) electrons. The van der Waals surface area contributed by atoms with Crippen LogP contribution in [0.15, 0.2) is 42.2 Å². The topological polar surface area (TPSA) is 153 Å². The number of anilines is 3. The summed E-state index contributed by atoms with van der Waals surface area (Å²) in [5.41, 5.74) is 12.2. The molecule has 196 valence electrons. The van der Waals surface area contributed by atoms with Gasteiger partial charge in [0.2, 0.25) is 0 Å². The number of aromatic nitrogens is 3. The molecule has 2 amide bonds. The third kappa shape index (κ3) is 6.62. The molecule has 0 aliphatic carbocycles. The van der Waals surface area contributed by atoms with Gasteiger partial charge in [-0.1, -0.05) is 17.7 Å². The monoisotopic (exact) mass is 526 g/mol. The predicted octanol–water partition coefficient (Wildman–Crippen LogP) is 3.72. The number of piperidine rings is 1. The third-order valence-corrected chi connectivity index (χ3v) is 5.93. The fourth-order valence-corrected chi connectivity index (χ4v) is 4.13. The van der Waals surface area contributed by atoms with Crippen molar-refractivity contribution in [2.75, 3.05) is 23.7 Å². The summed E-state index contributed by atoms with van der Waals surface area (Å²) in [4.78, 5) is 30.3. The predicted molar refractivity (Wildman–Crippen MR) is 144 cm³/mol. The van der Waals surface area contributed by atoms with Crippen LogP contribution in [0.3, 0.4) is 0 Å². The Morgan fingerprint density at radius 1 is 1.19 bits per heavy atom. The highest BCUT2D eigenvalue weighted by Crippen LogP contribution is 2.26. The van der Waals surface area contributed by atoms with E-state index in [9.17, 15) is 9.59 Å². The van der Waals surface area contributed by atoms with Gasteiger partial charge >= 0.3 is 6.09 Å². The summed E-state index contributed by atoms with van der Waals surface area (Å²) in [6, 6.07) is 9.21. The standard InChI is InChI=1S/C25H31ClN8O3/c1-25(2,3)37-24(36)33-9-7-17(8-10-33)31-21-13-20(30-18-6-4-5-16(26)12-18)32-23-15(14-29-34(21)23)11-19(27)22(28)35/h4-6,11-14,17,31H,7-10,27H2,1-3H3,(H2,28,35)(H,30,32)/b19-11-. The van der Waals surface area contributed by atoms with Gasteiger partial charge in [0.05, 0.1) is 11.9 Å². The average Bonchev–Trinajstić information content (AvgIpc) is 3.21. The molecular formula is C25H31ClN8O3. The van der Waals surface area contributed by atoms with E-state index in [1.54, 1.807) is 27.7 Å². The molecule has 3 aromatic rings. The smallest absolute Gasteiger partial charge is 0.410 e. The lowest BCUT2D eigenvalue weighted by Crippen LogP contribution is -2.44. The van der Waals surface area contributed by atoms with E-state index in [0.29, 0.717) is 41.0 Å². The Kier molecular flexibility index (Phi) is 7.44. The van der Waals surface area contributed by atoms with Crippen LogP contribution >= 0.6 is 11.6 Å². The Balaban J connectivity index is 1.60. The summed E-state index contributed by atoms with van der Waals surface area (Å²) < 4.78 is 7.14. The zero-order valence-corrected chi connectivity index (χ0v) is 21.7. The van der Waals surface area contributed by atoms with E-state index in [1.807, 2.05) is 39.0 Å². The molecule has 11 nitrogen and oxygen atoms in total. The van der Waals surface area contributed by atoms with Crippen LogP contribution in [-0.2, 0) is 9.53 Å². The molecule has 1 aliphatic rings. The Labute approximate surface area is 219 Å². The second-order valence-corrected chi connectivity index (χ2v) is 10.3. The van der Waals surface area contributed by atoms with E-state index in [0.717, 1.165) is 18.5 Å². The van der Waals surface area contributed by atoms with Crippen LogP contribution < -0.4 is 22.1 Å². The fraction of sp³-hybridized carbons (Fsp3) is 0.360. The number of nitrogens with one attached hydrogen (secondary N) is 2. The lowest BCUT2D eigenvalue weighted by molar-refractivity contribution is -0.114. The molecule has 3 heterocycles. The van der Waals surface area contributed by atoms with Crippen molar-refractivity contribution in [3.63, 3.8) is 0 Å². The summed E-state index contributed by atoms with van der Waals surface area (Å²) in [6.07, 6.45) is 4.16. The van der Waals surface area contributed by atoms with Crippen LogP contribution in [0.25, 0.3) is 11.7 Å². The highest BCUT2D eigenvalue weighted by Gasteiger charge is 2.27. The van der Waals surface area contributed by atoms with Gasteiger partial charge in [0, 0.05) is 41.5 Å². The minimum Gasteiger partial charge on any atom is -0.444 e. The molecule has 1 aliphatic heterocycles. The highest BCUT2D eigenvalue weighted by atomic mass is 35.5. The van der Waals surface area contributed by atoms with Gasteiger partial charge in [0.15, 0.2) is 5.65 Å². The number of nitrogens with two attached hydrogens (primary N) is 2. The van der Waals surface area contributed by atoms with Gasteiger partial charge in [0.25, 0.3) is 5.91 Å². The SMILES string of the molecule is CC(C)(C)OC(=O)N1CCC(Nc2cc(Nc3cccc(Cl)c3)nc3c(/C=C(\N)C(N)=O)cnn23)CC1. The molecule has 0 atom stereocenters. The molecule has 0 spiro atoms. The van der Waals surface area contributed by atoms with Gasteiger partial charge in [-0.2, -0.15) is 9.61 Å². The Hall–Kier alpha value is -3.99. The van der Waals surface area contributed by atoms with Crippen LogP contribution in [0.4, 0.5) is 22.1 Å². The third-order valence-electron chi connectivity index (χ3n) is 5.69. The maximum atomic E-state index is 12.4. The Morgan fingerprint density at radius 2 is 1.92 bits per heavy atom. The van der Waals surface area contributed by atoms with Crippen molar-refractivity contribution < 1.29 is 14.3 Å². The van der Waals surface area contributed by atoms with Crippen molar-refractivity contribution >= 4 is 52.6 Å². The minimum atomic E-state index is -0.734. The van der Waals surface area contributed by atoms with Gasteiger partial charge in [-0.05, 0) is 57.9 Å². The maximum absolute atomic E-state index is 12.4. The van der Waals surface area contributed by atoms with E-state index >= 15 is 0 Å². The van der Waals surface area contributed by atoms with E-state index in [4.69, 9.17) is 27.8 Å². The zero-order chi connectivity index (χ0) is 26.7. The normalized spacial score (nSPS) is 15.0. The number of halogens is 1.